The van der Waals surface area contributed by atoms with Gasteiger partial charge in [0.05, 0.1) is 26.8 Å². The number of nitrogens with one attached hydrogen (secondary N) is 2. The molecule has 2 N–H and O–H groups in total. The second-order valence-electron chi connectivity index (χ2n) is 4.79. The van der Waals surface area contributed by atoms with Gasteiger partial charge in [-0.3, -0.25) is 4.79 Å². The molecular formula is C13H12F3N3OS. The zero-order chi connectivity index (χ0) is 15.0. The van der Waals surface area contributed by atoms with Crippen molar-refractivity contribution in [3.8, 4) is 0 Å². The molecule has 2 heterocycles. The van der Waals surface area contributed by atoms with E-state index in [1.54, 1.807) is 0 Å². The summed E-state index contributed by atoms with van der Waals surface area (Å²) in [4.78, 5) is 15.9. The Labute approximate surface area is 122 Å². The predicted molar refractivity (Wildman–Crippen MR) is 73.1 cm³/mol. The van der Waals surface area contributed by atoms with Gasteiger partial charge in [-0.25, -0.2) is 4.98 Å². The number of hydrogen-bond donors (Lipinski definition) is 2. The van der Waals surface area contributed by atoms with Crippen LogP contribution in [0.3, 0.4) is 0 Å². The standard InChI is InChI=1S/C13H12F3N3OS/c14-13(15,16)7-1-2-10-8(5-7)19-11(21-10)6-9-12(20)18-4-3-17-9/h1-2,5,9,17H,3-4,6H2,(H,18,20). The van der Waals surface area contributed by atoms with Crippen LogP contribution < -0.4 is 10.6 Å². The first-order valence-electron chi connectivity index (χ1n) is 6.41. The highest BCUT2D eigenvalue weighted by Crippen LogP contribution is 2.33. The molecule has 1 atom stereocenters. The number of alkyl halides is 3. The second-order valence-corrected chi connectivity index (χ2v) is 5.90. The quantitative estimate of drug-likeness (QED) is 0.890. The molecule has 0 aliphatic carbocycles. The SMILES string of the molecule is O=C1NCCNC1Cc1nc2cc(C(F)(F)F)ccc2s1. The summed E-state index contributed by atoms with van der Waals surface area (Å²) in [6.45, 7) is 1.27. The number of benzene rings is 1. The van der Waals surface area contributed by atoms with E-state index >= 15 is 0 Å². The van der Waals surface area contributed by atoms with Crippen LogP contribution in [0.2, 0.25) is 0 Å². The van der Waals surface area contributed by atoms with Gasteiger partial charge in [0.15, 0.2) is 0 Å². The molecule has 0 saturated carbocycles. The summed E-state index contributed by atoms with van der Waals surface area (Å²) in [5.74, 6) is -0.100. The van der Waals surface area contributed by atoms with Crippen LogP contribution in [0.4, 0.5) is 13.2 Å². The molecule has 2 aromatic rings. The van der Waals surface area contributed by atoms with Crippen molar-refractivity contribution in [1.29, 1.82) is 0 Å². The van der Waals surface area contributed by atoms with Crippen LogP contribution in [0.15, 0.2) is 18.2 Å². The van der Waals surface area contributed by atoms with E-state index in [0.29, 0.717) is 34.7 Å². The largest absolute Gasteiger partial charge is 0.416 e. The molecule has 21 heavy (non-hydrogen) atoms. The van der Waals surface area contributed by atoms with Crippen LogP contribution in [0, 0.1) is 0 Å². The molecule has 0 bridgehead atoms. The fraction of sp³-hybridized carbons (Fsp3) is 0.385. The number of fused-ring (bicyclic) bond motifs is 1. The molecule has 0 spiro atoms. The molecular weight excluding hydrogens is 303 g/mol. The minimum absolute atomic E-state index is 0.100. The number of carbonyl (C=O) groups is 1. The van der Waals surface area contributed by atoms with Crippen LogP contribution in [0.5, 0.6) is 0 Å². The third-order valence-electron chi connectivity index (χ3n) is 3.27. The normalized spacial score (nSPS) is 19.8. The molecule has 3 rings (SSSR count). The van der Waals surface area contributed by atoms with E-state index < -0.39 is 11.7 Å². The number of aromatic nitrogens is 1. The monoisotopic (exact) mass is 315 g/mol. The van der Waals surface area contributed by atoms with E-state index in [2.05, 4.69) is 15.6 Å². The highest BCUT2D eigenvalue weighted by Gasteiger charge is 2.31. The molecule has 0 radical (unpaired) electrons. The average molecular weight is 315 g/mol. The Kier molecular flexibility index (Phi) is 3.58. The van der Waals surface area contributed by atoms with E-state index in [1.165, 1.54) is 17.4 Å². The van der Waals surface area contributed by atoms with Gasteiger partial charge < -0.3 is 10.6 Å². The first-order valence-corrected chi connectivity index (χ1v) is 7.23. The van der Waals surface area contributed by atoms with E-state index in [1.807, 2.05) is 0 Å². The molecule has 1 aliphatic rings. The summed E-state index contributed by atoms with van der Waals surface area (Å²) in [6, 6.07) is 3.15. The highest BCUT2D eigenvalue weighted by molar-refractivity contribution is 7.18. The molecule has 1 amide bonds. The lowest BCUT2D eigenvalue weighted by Gasteiger charge is -2.22. The van der Waals surface area contributed by atoms with Gasteiger partial charge in [-0.2, -0.15) is 13.2 Å². The predicted octanol–water partition coefficient (Wildman–Crippen LogP) is 1.95. The van der Waals surface area contributed by atoms with Crippen molar-refractivity contribution in [3.63, 3.8) is 0 Å². The van der Waals surface area contributed by atoms with E-state index in [9.17, 15) is 18.0 Å². The third kappa shape index (κ3) is 3.01. The van der Waals surface area contributed by atoms with Crippen LogP contribution in [-0.4, -0.2) is 30.0 Å². The number of rotatable bonds is 2. The van der Waals surface area contributed by atoms with Crippen molar-refractivity contribution in [2.75, 3.05) is 13.1 Å². The van der Waals surface area contributed by atoms with E-state index in [-0.39, 0.29) is 11.9 Å². The minimum atomic E-state index is -4.37. The van der Waals surface area contributed by atoms with Gasteiger partial charge in [0.1, 0.15) is 0 Å². The van der Waals surface area contributed by atoms with Gasteiger partial charge in [0, 0.05) is 19.5 Å². The molecule has 1 aliphatic heterocycles. The van der Waals surface area contributed by atoms with Crippen LogP contribution in [0.25, 0.3) is 10.2 Å². The molecule has 1 saturated heterocycles. The van der Waals surface area contributed by atoms with Crippen molar-refractivity contribution in [3.05, 3.63) is 28.8 Å². The Hall–Kier alpha value is -1.67. The smallest absolute Gasteiger partial charge is 0.353 e. The van der Waals surface area contributed by atoms with Crippen molar-refractivity contribution < 1.29 is 18.0 Å². The molecule has 1 fully saturated rings. The zero-order valence-electron chi connectivity index (χ0n) is 10.8. The fourth-order valence-electron chi connectivity index (χ4n) is 2.23. The van der Waals surface area contributed by atoms with Crippen molar-refractivity contribution in [2.45, 2.75) is 18.6 Å². The number of halogens is 3. The molecule has 1 unspecified atom stereocenters. The maximum atomic E-state index is 12.7. The summed E-state index contributed by atoms with van der Waals surface area (Å²) in [5, 5.41) is 6.47. The first kappa shape index (κ1) is 14.3. The summed E-state index contributed by atoms with van der Waals surface area (Å²) in [7, 11) is 0. The van der Waals surface area contributed by atoms with Crippen molar-refractivity contribution in [1.82, 2.24) is 15.6 Å². The molecule has 8 heteroatoms. The highest BCUT2D eigenvalue weighted by atomic mass is 32.1. The number of nitrogens with zero attached hydrogens (tertiary/aromatic N) is 1. The Bertz CT molecular complexity index is 683. The molecule has 1 aromatic heterocycles. The summed E-state index contributed by atoms with van der Waals surface area (Å²) < 4.78 is 38.7. The lowest BCUT2D eigenvalue weighted by atomic mass is 10.1. The van der Waals surface area contributed by atoms with Gasteiger partial charge in [0.2, 0.25) is 5.91 Å². The molecule has 1 aromatic carbocycles. The van der Waals surface area contributed by atoms with Gasteiger partial charge in [-0.05, 0) is 18.2 Å². The maximum Gasteiger partial charge on any atom is 0.416 e. The zero-order valence-corrected chi connectivity index (χ0v) is 11.6. The minimum Gasteiger partial charge on any atom is -0.353 e. The number of amides is 1. The van der Waals surface area contributed by atoms with E-state index in [0.717, 1.165) is 12.1 Å². The lowest BCUT2D eigenvalue weighted by Crippen LogP contribution is -2.53. The van der Waals surface area contributed by atoms with Crippen molar-refractivity contribution >= 4 is 27.5 Å². The van der Waals surface area contributed by atoms with Gasteiger partial charge in [0.25, 0.3) is 0 Å². The average Bonchev–Trinajstić information content (AvgIpc) is 2.81. The van der Waals surface area contributed by atoms with E-state index in [4.69, 9.17) is 0 Å². The summed E-state index contributed by atoms with van der Waals surface area (Å²) in [6.07, 6.45) is -3.99. The van der Waals surface area contributed by atoms with Crippen LogP contribution >= 0.6 is 11.3 Å². The summed E-state index contributed by atoms with van der Waals surface area (Å²) in [5.41, 5.74) is -0.388. The van der Waals surface area contributed by atoms with Gasteiger partial charge in [-0.1, -0.05) is 0 Å². The van der Waals surface area contributed by atoms with Crippen LogP contribution in [-0.2, 0) is 17.4 Å². The van der Waals surface area contributed by atoms with Crippen molar-refractivity contribution in [2.24, 2.45) is 0 Å². The maximum absolute atomic E-state index is 12.7. The first-order chi connectivity index (χ1) is 9.93. The lowest BCUT2D eigenvalue weighted by molar-refractivity contribution is -0.137. The Morgan fingerprint density at radius 3 is 2.86 bits per heavy atom. The second kappa shape index (κ2) is 5.27. The number of thiazole rings is 1. The van der Waals surface area contributed by atoms with Crippen LogP contribution in [0.1, 0.15) is 10.6 Å². The Morgan fingerprint density at radius 2 is 2.14 bits per heavy atom. The number of carbonyl (C=O) groups excluding carboxylic acids is 1. The fourth-order valence-corrected chi connectivity index (χ4v) is 3.22. The molecule has 4 nitrogen and oxygen atoms in total. The Balaban J connectivity index is 1.85. The topological polar surface area (TPSA) is 54.0 Å². The molecule has 112 valence electrons. The number of hydrogen-bond acceptors (Lipinski definition) is 4. The van der Waals surface area contributed by atoms with Gasteiger partial charge >= 0.3 is 6.18 Å². The Morgan fingerprint density at radius 1 is 1.33 bits per heavy atom. The van der Waals surface area contributed by atoms with Gasteiger partial charge in [-0.15, -0.1) is 11.3 Å². The summed E-state index contributed by atoms with van der Waals surface area (Å²) >= 11 is 1.31. The number of piperazine rings is 1. The third-order valence-corrected chi connectivity index (χ3v) is 4.33.